The zero-order valence-corrected chi connectivity index (χ0v) is 11.7. The molecule has 1 aromatic carbocycles. The van der Waals surface area contributed by atoms with E-state index in [1.807, 2.05) is 6.20 Å². The molecule has 0 aliphatic heterocycles. The van der Waals surface area contributed by atoms with E-state index in [1.165, 1.54) is 24.1 Å². The molecule has 0 bridgehead atoms. The lowest BCUT2D eigenvalue weighted by Gasteiger charge is -2.14. The molecule has 0 atom stereocenters. The number of anilines is 1. The maximum atomic E-state index is 4.36. The van der Waals surface area contributed by atoms with Gasteiger partial charge in [-0.05, 0) is 37.5 Å². The first-order valence-electron chi connectivity index (χ1n) is 7.06. The van der Waals surface area contributed by atoms with Gasteiger partial charge in [-0.15, -0.1) is 0 Å². The zero-order valence-electron chi connectivity index (χ0n) is 11.7. The summed E-state index contributed by atoms with van der Waals surface area (Å²) in [5.41, 5.74) is 2.89. The fraction of sp³-hybridized carbons (Fsp3) is 0.438. The Balaban J connectivity index is 1.68. The normalized spacial score (nSPS) is 16.3. The molecule has 1 aromatic heterocycles. The van der Waals surface area contributed by atoms with E-state index in [-0.39, 0.29) is 0 Å². The average molecular weight is 255 g/mol. The van der Waals surface area contributed by atoms with Gasteiger partial charge in [0.15, 0.2) is 0 Å². The fourth-order valence-electron chi connectivity index (χ4n) is 2.35. The minimum Gasteiger partial charge on any atom is -0.380 e. The number of aromatic nitrogens is 2. The van der Waals surface area contributed by atoms with Gasteiger partial charge in [0.2, 0.25) is 0 Å². The number of rotatable bonds is 5. The summed E-state index contributed by atoms with van der Waals surface area (Å²) < 4.78 is 2.21. The summed E-state index contributed by atoms with van der Waals surface area (Å²) >= 11 is 0. The van der Waals surface area contributed by atoms with E-state index in [0.29, 0.717) is 5.54 Å². The zero-order chi connectivity index (χ0) is 13.3. The van der Waals surface area contributed by atoms with Gasteiger partial charge in [-0.25, -0.2) is 4.98 Å². The van der Waals surface area contributed by atoms with Crippen LogP contribution in [0.5, 0.6) is 0 Å². The van der Waals surface area contributed by atoms with Crippen molar-refractivity contribution in [1.82, 2.24) is 9.55 Å². The van der Waals surface area contributed by atoms with Gasteiger partial charge in [-0.1, -0.05) is 19.1 Å². The van der Waals surface area contributed by atoms with Crippen LogP contribution in [0.15, 0.2) is 36.7 Å². The first kappa shape index (κ1) is 12.3. The molecule has 1 N–H and O–H groups in total. The summed E-state index contributed by atoms with van der Waals surface area (Å²) in [5.74, 6) is 1.15. The molecule has 3 nitrogen and oxygen atoms in total. The van der Waals surface area contributed by atoms with Crippen molar-refractivity contribution in [3.05, 3.63) is 48.0 Å². The third-order valence-electron chi connectivity index (χ3n) is 3.87. The number of nitrogens with one attached hydrogen (secondary N) is 1. The quantitative estimate of drug-likeness (QED) is 0.886. The minimum atomic E-state index is 0.348. The first-order chi connectivity index (χ1) is 9.18. The van der Waals surface area contributed by atoms with Crippen LogP contribution in [-0.2, 0) is 13.0 Å². The second-order valence-corrected chi connectivity index (χ2v) is 5.71. The highest BCUT2D eigenvalue weighted by atomic mass is 15.1. The van der Waals surface area contributed by atoms with E-state index in [2.05, 4.69) is 59.2 Å². The largest absolute Gasteiger partial charge is 0.380 e. The van der Waals surface area contributed by atoms with Gasteiger partial charge < -0.3 is 9.88 Å². The Labute approximate surface area is 114 Å². The molecule has 2 aromatic rings. The number of benzene rings is 1. The van der Waals surface area contributed by atoms with Gasteiger partial charge >= 0.3 is 0 Å². The molecule has 3 rings (SSSR count). The number of nitrogens with zero attached hydrogens (tertiary/aromatic N) is 2. The predicted octanol–water partition coefficient (Wildman–Crippen LogP) is 3.46. The molecule has 0 amide bonds. The number of imidazole rings is 1. The van der Waals surface area contributed by atoms with Crippen LogP contribution in [0, 0.1) is 0 Å². The molecule has 1 fully saturated rings. The van der Waals surface area contributed by atoms with Crippen molar-refractivity contribution in [3.8, 4) is 0 Å². The van der Waals surface area contributed by atoms with E-state index in [9.17, 15) is 0 Å². The first-order valence-corrected chi connectivity index (χ1v) is 7.06. The lowest BCUT2D eigenvalue weighted by Crippen LogP contribution is -2.15. The Bertz CT molecular complexity index is 550. The van der Waals surface area contributed by atoms with E-state index in [4.69, 9.17) is 0 Å². The predicted molar refractivity (Wildman–Crippen MR) is 78.4 cm³/mol. The summed E-state index contributed by atoms with van der Waals surface area (Å²) in [7, 11) is 0. The van der Waals surface area contributed by atoms with Gasteiger partial charge in [0.05, 0.1) is 0 Å². The van der Waals surface area contributed by atoms with Crippen molar-refractivity contribution < 1.29 is 0 Å². The van der Waals surface area contributed by atoms with Crippen molar-refractivity contribution >= 4 is 5.69 Å². The number of aryl methyl sites for hydroxylation is 1. The van der Waals surface area contributed by atoms with Gasteiger partial charge in [0, 0.05) is 36.6 Å². The van der Waals surface area contributed by atoms with Gasteiger partial charge in [-0.3, -0.25) is 0 Å². The van der Waals surface area contributed by atoms with Gasteiger partial charge in [0.25, 0.3) is 0 Å². The molecule has 100 valence electrons. The molecule has 0 unspecified atom stereocenters. The highest BCUT2D eigenvalue weighted by Crippen LogP contribution is 2.38. The topological polar surface area (TPSA) is 29.9 Å². The number of hydrogen-bond acceptors (Lipinski definition) is 2. The molecular weight excluding hydrogens is 234 g/mol. The van der Waals surface area contributed by atoms with Gasteiger partial charge in [0.1, 0.15) is 5.82 Å². The maximum Gasteiger partial charge on any atom is 0.108 e. The van der Waals surface area contributed by atoms with E-state index in [1.54, 1.807) is 0 Å². The molecule has 1 aliphatic rings. The van der Waals surface area contributed by atoms with Crippen LogP contribution >= 0.6 is 0 Å². The summed E-state index contributed by atoms with van der Waals surface area (Å²) in [4.78, 5) is 4.36. The molecule has 0 radical (unpaired) electrons. The Morgan fingerprint density at radius 1 is 1.26 bits per heavy atom. The third-order valence-corrected chi connectivity index (χ3v) is 3.87. The fourth-order valence-corrected chi connectivity index (χ4v) is 2.35. The second-order valence-electron chi connectivity index (χ2n) is 5.71. The third kappa shape index (κ3) is 2.80. The Morgan fingerprint density at radius 3 is 2.63 bits per heavy atom. The van der Waals surface area contributed by atoms with Crippen LogP contribution in [0.1, 0.15) is 38.1 Å². The van der Waals surface area contributed by atoms with Crippen LogP contribution in [0.4, 0.5) is 5.69 Å². The summed E-state index contributed by atoms with van der Waals surface area (Å²) in [6.45, 7) is 5.32. The van der Waals surface area contributed by atoms with Crippen LogP contribution in [-0.4, -0.2) is 15.1 Å². The lowest BCUT2D eigenvalue weighted by atomic mass is 10.2. The maximum absolute atomic E-state index is 4.36. The molecule has 1 heterocycles. The smallest absolute Gasteiger partial charge is 0.108 e. The summed E-state index contributed by atoms with van der Waals surface area (Å²) in [6, 6.07) is 8.77. The molecule has 1 saturated carbocycles. The van der Waals surface area contributed by atoms with Crippen molar-refractivity contribution in [2.75, 3.05) is 5.32 Å². The molecule has 1 aliphatic carbocycles. The van der Waals surface area contributed by atoms with Crippen molar-refractivity contribution in [1.29, 1.82) is 0 Å². The SMILES string of the molecule is CCc1nccn1Cc1ccc(NC2(C)CC2)cc1. The van der Waals surface area contributed by atoms with Gasteiger partial charge in [-0.2, -0.15) is 0 Å². The Hall–Kier alpha value is -1.77. The standard InChI is InChI=1S/C16H21N3/c1-3-15-17-10-11-19(15)12-13-4-6-14(7-5-13)18-16(2)8-9-16/h4-7,10-11,18H,3,8-9,12H2,1-2H3. The minimum absolute atomic E-state index is 0.348. The van der Waals surface area contributed by atoms with Crippen LogP contribution in [0.3, 0.4) is 0 Å². The van der Waals surface area contributed by atoms with E-state index >= 15 is 0 Å². The summed E-state index contributed by atoms with van der Waals surface area (Å²) in [6.07, 6.45) is 7.47. The monoisotopic (exact) mass is 255 g/mol. The van der Waals surface area contributed by atoms with Crippen molar-refractivity contribution in [2.45, 2.75) is 45.2 Å². The lowest BCUT2D eigenvalue weighted by molar-refractivity contribution is 0.732. The van der Waals surface area contributed by atoms with Crippen LogP contribution in [0.25, 0.3) is 0 Å². The average Bonchev–Trinajstić information content (AvgIpc) is 2.97. The van der Waals surface area contributed by atoms with Crippen LogP contribution < -0.4 is 5.32 Å². The van der Waals surface area contributed by atoms with Crippen molar-refractivity contribution in [2.24, 2.45) is 0 Å². The molecule has 0 saturated heterocycles. The van der Waals surface area contributed by atoms with Crippen molar-refractivity contribution in [3.63, 3.8) is 0 Å². The Kier molecular flexibility index (Phi) is 3.05. The molecular formula is C16H21N3. The van der Waals surface area contributed by atoms with E-state index < -0.39 is 0 Å². The molecule has 19 heavy (non-hydrogen) atoms. The molecule has 3 heteroatoms. The highest BCUT2D eigenvalue weighted by Gasteiger charge is 2.36. The summed E-state index contributed by atoms with van der Waals surface area (Å²) in [5, 5.41) is 3.58. The highest BCUT2D eigenvalue weighted by molar-refractivity contribution is 5.48. The second kappa shape index (κ2) is 4.72. The van der Waals surface area contributed by atoms with E-state index in [0.717, 1.165) is 18.8 Å². The molecule has 0 spiro atoms. The number of hydrogen-bond donors (Lipinski definition) is 1. The van der Waals surface area contributed by atoms with Crippen LogP contribution in [0.2, 0.25) is 0 Å². The Morgan fingerprint density at radius 2 is 2.00 bits per heavy atom.